The number of Topliss-reactive ketones (excluding diaryl/α,β-unsaturated/α-hetero) is 2. The zero-order valence-corrected chi connectivity index (χ0v) is 21.6. The van der Waals surface area contributed by atoms with Gasteiger partial charge in [-0.05, 0) is 44.5 Å². The number of phenolic OH excluding ortho intramolecular Hbond substituents is 1. The van der Waals surface area contributed by atoms with Gasteiger partial charge in [0.2, 0.25) is 11.7 Å². The lowest BCUT2D eigenvalue weighted by Gasteiger charge is -2.50. The topological polar surface area (TPSA) is 206 Å². The lowest BCUT2D eigenvalue weighted by molar-refractivity contribution is -0.153. The van der Waals surface area contributed by atoms with E-state index >= 15 is 0 Å². The molecule has 3 aliphatic carbocycles. The van der Waals surface area contributed by atoms with E-state index < -0.39 is 69.7 Å². The van der Waals surface area contributed by atoms with E-state index in [-0.39, 0.29) is 29.7 Å². The van der Waals surface area contributed by atoms with Gasteiger partial charge in [-0.15, -0.1) is 0 Å². The van der Waals surface area contributed by atoms with Crippen LogP contribution in [0.5, 0.6) is 5.75 Å². The van der Waals surface area contributed by atoms with Crippen molar-refractivity contribution in [2.45, 2.75) is 31.4 Å². The second-order valence-electron chi connectivity index (χ2n) is 10.3. The minimum atomic E-state index is -2.71. The predicted octanol–water partition coefficient (Wildman–Crippen LogP) is -0.507. The number of hydrogen-bond donors (Lipinski definition) is 7. The van der Waals surface area contributed by atoms with Gasteiger partial charge < -0.3 is 31.1 Å². The summed E-state index contributed by atoms with van der Waals surface area (Å²) in [5.41, 5.74) is 7.47. The zero-order chi connectivity index (χ0) is 28.4. The number of aliphatic hydroxyl groups is 3. The number of anilines is 2. The molecule has 1 aromatic carbocycles. The van der Waals surface area contributed by atoms with Crippen LogP contribution in [0, 0.1) is 11.8 Å². The number of ketones is 2. The smallest absolute Gasteiger partial charge is 0.255 e. The first kappa shape index (κ1) is 26.9. The van der Waals surface area contributed by atoms with Gasteiger partial charge in [0.1, 0.15) is 17.1 Å². The molecule has 1 saturated carbocycles. The second-order valence-corrected chi connectivity index (χ2v) is 10.3. The van der Waals surface area contributed by atoms with Gasteiger partial charge >= 0.3 is 0 Å². The molecule has 0 heterocycles. The minimum absolute atomic E-state index is 0.00864. The largest absolute Gasteiger partial charge is 0.508 e. The maximum absolute atomic E-state index is 13.9. The monoisotopic (exact) mass is 529 g/mol. The van der Waals surface area contributed by atoms with Gasteiger partial charge in [-0.2, -0.15) is 0 Å². The number of carbonyl (C=O) groups is 4. The molecular weight excluding hydrogens is 498 g/mol. The van der Waals surface area contributed by atoms with E-state index in [9.17, 15) is 39.6 Å². The van der Waals surface area contributed by atoms with Crippen molar-refractivity contribution in [1.29, 1.82) is 0 Å². The molecule has 38 heavy (non-hydrogen) atoms. The molecule has 4 atom stereocenters. The lowest BCUT2D eigenvalue weighted by Crippen LogP contribution is -2.65. The molecule has 4 rings (SSSR count). The Morgan fingerprint density at radius 1 is 1.13 bits per heavy atom. The summed E-state index contributed by atoms with van der Waals surface area (Å²) in [7, 11) is 6.57. The average molecular weight is 530 g/mol. The van der Waals surface area contributed by atoms with Crippen LogP contribution in [-0.4, -0.2) is 88.5 Å². The Morgan fingerprint density at radius 2 is 1.76 bits per heavy atom. The van der Waals surface area contributed by atoms with E-state index in [1.54, 1.807) is 39.2 Å². The SMILES string of the molecule is CC(=O)NNc1cc(N(C)C)c2c(c1O)C(O)=C1C(=O)[C@]3(O)C(O)=C(C(N)=O)C(=O)[C@@H](N(C)C)C3CC1C2. The normalized spacial score (nSPS) is 26.6. The number of likely N-dealkylation sites (N-methyl/N-ethyl adjacent to an activating group) is 1. The summed E-state index contributed by atoms with van der Waals surface area (Å²) in [6.45, 7) is 1.26. The number of aliphatic hydroxyl groups excluding tert-OH is 2. The summed E-state index contributed by atoms with van der Waals surface area (Å²) in [5, 5.41) is 45.0. The summed E-state index contributed by atoms with van der Waals surface area (Å²) in [4.78, 5) is 53.7. The summed E-state index contributed by atoms with van der Waals surface area (Å²) < 4.78 is 0. The maximum Gasteiger partial charge on any atom is 0.255 e. The standard InChI is InChI=1S/C25H31N5O8/c1-9(31)27-28-13-8-14(29(2)3)11-6-10-7-12-18(30(4)5)21(34)17(24(26)37)23(36)25(12,38)22(35)15(10)20(33)16(11)19(13)32/h8,10,12,18,28,32-33,36,38H,6-7H2,1-5H3,(H2,26,37)(H,27,31)/t10?,12?,18-,25-/m0/s1. The highest BCUT2D eigenvalue weighted by Gasteiger charge is 2.64. The molecule has 0 spiro atoms. The van der Waals surface area contributed by atoms with Crippen molar-refractivity contribution in [1.82, 2.24) is 10.3 Å². The van der Waals surface area contributed by atoms with E-state index in [0.717, 1.165) is 0 Å². The van der Waals surface area contributed by atoms with Crippen molar-refractivity contribution in [3.8, 4) is 5.75 Å². The fourth-order valence-electron chi connectivity index (χ4n) is 5.94. The number of carbonyl (C=O) groups excluding carboxylic acids is 4. The van der Waals surface area contributed by atoms with Crippen LogP contribution in [-0.2, 0) is 25.6 Å². The molecule has 2 amide bonds. The highest BCUT2D eigenvalue weighted by atomic mass is 16.3. The van der Waals surface area contributed by atoms with Crippen LogP contribution in [0.2, 0.25) is 0 Å². The molecule has 1 fully saturated rings. The third-order valence-corrected chi connectivity index (χ3v) is 7.55. The number of primary amides is 1. The van der Waals surface area contributed by atoms with Gasteiger partial charge in [0.05, 0.1) is 17.3 Å². The summed E-state index contributed by atoms with van der Waals surface area (Å²) in [6.07, 6.45) is 0.140. The first-order valence-corrected chi connectivity index (χ1v) is 11.9. The van der Waals surface area contributed by atoms with Crippen LogP contribution in [0.3, 0.4) is 0 Å². The quantitative estimate of drug-likeness (QED) is 0.147. The number of rotatable bonds is 5. The summed E-state index contributed by atoms with van der Waals surface area (Å²) >= 11 is 0. The number of nitrogens with zero attached hydrogens (tertiary/aromatic N) is 2. The molecule has 8 N–H and O–H groups in total. The number of amides is 2. The molecule has 13 heteroatoms. The van der Waals surface area contributed by atoms with Crippen molar-refractivity contribution >= 4 is 40.5 Å². The Balaban J connectivity index is 1.97. The van der Waals surface area contributed by atoms with E-state index in [0.29, 0.717) is 11.3 Å². The van der Waals surface area contributed by atoms with Gasteiger partial charge in [0, 0.05) is 38.2 Å². The molecule has 2 unspecified atom stereocenters. The van der Waals surface area contributed by atoms with Gasteiger partial charge in [-0.1, -0.05) is 0 Å². The van der Waals surface area contributed by atoms with Crippen LogP contribution < -0.4 is 21.5 Å². The van der Waals surface area contributed by atoms with Crippen LogP contribution in [0.15, 0.2) is 23.0 Å². The van der Waals surface area contributed by atoms with Crippen molar-refractivity contribution in [3.63, 3.8) is 0 Å². The minimum Gasteiger partial charge on any atom is -0.508 e. The van der Waals surface area contributed by atoms with Crippen LogP contribution in [0.1, 0.15) is 24.5 Å². The summed E-state index contributed by atoms with van der Waals surface area (Å²) in [5.74, 6) is -7.70. The lowest BCUT2D eigenvalue weighted by atomic mass is 9.57. The van der Waals surface area contributed by atoms with Crippen LogP contribution in [0.4, 0.5) is 11.4 Å². The maximum atomic E-state index is 13.9. The predicted molar refractivity (Wildman–Crippen MR) is 136 cm³/mol. The second kappa shape index (κ2) is 9.03. The van der Waals surface area contributed by atoms with Crippen molar-refractivity contribution < 1.29 is 39.6 Å². The number of phenols is 1. The number of aromatic hydroxyl groups is 1. The van der Waals surface area contributed by atoms with Gasteiger partial charge in [0.25, 0.3) is 5.91 Å². The first-order chi connectivity index (χ1) is 17.6. The Labute approximate surface area is 218 Å². The third kappa shape index (κ3) is 3.69. The molecule has 204 valence electrons. The molecule has 0 radical (unpaired) electrons. The van der Waals surface area contributed by atoms with E-state index in [4.69, 9.17) is 5.73 Å². The number of benzene rings is 1. The highest BCUT2D eigenvalue weighted by Crippen LogP contribution is 2.54. The van der Waals surface area contributed by atoms with E-state index in [1.807, 2.05) is 0 Å². The number of nitrogens with one attached hydrogen (secondary N) is 2. The molecule has 0 saturated heterocycles. The summed E-state index contributed by atoms with van der Waals surface area (Å²) in [6, 6.07) is 0.419. The number of nitrogens with two attached hydrogens (primary N) is 1. The molecule has 0 aliphatic heterocycles. The van der Waals surface area contributed by atoms with E-state index in [1.165, 1.54) is 11.8 Å². The molecule has 0 bridgehead atoms. The van der Waals surface area contributed by atoms with Crippen LogP contribution >= 0.6 is 0 Å². The van der Waals surface area contributed by atoms with Gasteiger partial charge in [0.15, 0.2) is 17.1 Å². The third-order valence-electron chi connectivity index (χ3n) is 7.55. The Kier molecular flexibility index (Phi) is 6.40. The average Bonchev–Trinajstić information content (AvgIpc) is 2.80. The fourth-order valence-corrected chi connectivity index (χ4v) is 5.94. The van der Waals surface area contributed by atoms with Gasteiger partial charge in [-0.3, -0.25) is 34.9 Å². The Morgan fingerprint density at radius 3 is 2.29 bits per heavy atom. The van der Waals surface area contributed by atoms with Crippen LogP contribution in [0.25, 0.3) is 5.76 Å². The van der Waals surface area contributed by atoms with E-state index in [2.05, 4.69) is 10.9 Å². The molecular formula is C25H31N5O8. The van der Waals surface area contributed by atoms with Crippen molar-refractivity contribution in [3.05, 3.63) is 34.1 Å². The number of hydrazine groups is 1. The molecule has 1 aromatic rings. The molecule has 0 aromatic heterocycles. The van der Waals surface area contributed by atoms with Crippen molar-refractivity contribution in [2.24, 2.45) is 17.6 Å². The van der Waals surface area contributed by atoms with Crippen molar-refractivity contribution in [2.75, 3.05) is 38.5 Å². The fraction of sp³-hybridized carbons (Fsp3) is 0.440. The molecule has 3 aliphatic rings. The Bertz CT molecular complexity index is 1350. The zero-order valence-electron chi connectivity index (χ0n) is 21.6. The van der Waals surface area contributed by atoms with Gasteiger partial charge in [-0.25, -0.2) is 0 Å². The Hall–Kier alpha value is -4.10. The number of hydrogen-bond acceptors (Lipinski definition) is 11. The molecule has 13 nitrogen and oxygen atoms in total. The number of fused-ring (bicyclic) bond motifs is 3. The first-order valence-electron chi connectivity index (χ1n) is 11.9. The highest BCUT2D eigenvalue weighted by molar-refractivity contribution is 6.24.